The molecule has 0 saturated heterocycles. The van der Waals surface area contributed by atoms with E-state index in [-0.39, 0.29) is 0 Å². The van der Waals surface area contributed by atoms with Crippen molar-refractivity contribution in [3.05, 3.63) is 69.7 Å². The summed E-state index contributed by atoms with van der Waals surface area (Å²) in [6, 6.07) is 14.9. The van der Waals surface area contributed by atoms with Gasteiger partial charge in [0.2, 0.25) is 0 Å². The van der Waals surface area contributed by atoms with Crippen molar-refractivity contribution in [1.29, 1.82) is 0 Å². The Bertz CT molecular complexity index is 703. The molecule has 2 aromatic carbocycles. The zero-order chi connectivity index (χ0) is 17.8. The number of benzene rings is 2. The molecule has 3 nitrogen and oxygen atoms in total. The zero-order valence-corrected chi connectivity index (χ0v) is 15.7. The molecule has 0 aromatic heterocycles. The van der Waals surface area contributed by atoms with E-state index < -0.39 is 18.0 Å². The number of aliphatic hydroxyl groups excluding tert-OH is 1. The minimum Gasteiger partial charge on any atom is -0.481 e. The first kappa shape index (κ1) is 18.2. The fourth-order valence-electron chi connectivity index (χ4n) is 3.72. The van der Waals surface area contributed by atoms with Crippen molar-refractivity contribution in [1.82, 2.24) is 0 Å². The number of halogens is 1. The van der Waals surface area contributed by atoms with Gasteiger partial charge in [-0.1, -0.05) is 71.6 Å². The lowest BCUT2D eigenvalue weighted by atomic mass is 9.82. The molecule has 1 aliphatic carbocycles. The Hall–Kier alpha value is -1.65. The first-order valence-corrected chi connectivity index (χ1v) is 9.62. The zero-order valence-electron chi connectivity index (χ0n) is 14.1. The van der Waals surface area contributed by atoms with E-state index in [4.69, 9.17) is 0 Å². The maximum absolute atomic E-state index is 11.8. The molecule has 1 aliphatic rings. The van der Waals surface area contributed by atoms with E-state index in [0.29, 0.717) is 17.0 Å². The Morgan fingerprint density at radius 1 is 0.920 bits per heavy atom. The van der Waals surface area contributed by atoms with Gasteiger partial charge in [-0.25, -0.2) is 0 Å². The Kier molecular flexibility index (Phi) is 5.92. The van der Waals surface area contributed by atoms with Crippen LogP contribution in [-0.2, 0) is 4.79 Å². The molecule has 2 atom stereocenters. The van der Waals surface area contributed by atoms with E-state index in [9.17, 15) is 15.0 Å². The highest BCUT2D eigenvalue weighted by molar-refractivity contribution is 9.10. The second-order valence-electron chi connectivity index (χ2n) is 6.81. The number of carboxylic acids is 1. The summed E-state index contributed by atoms with van der Waals surface area (Å²) in [5, 5.41) is 20.3. The summed E-state index contributed by atoms with van der Waals surface area (Å²) in [4.78, 5) is 11.8. The van der Waals surface area contributed by atoms with Crippen LogP contribution in [-0.4, -0.2) is 16.2 Å². The number of rotatable bonds is 5. The summed E-state index contributed by atoms with van der Waals surface area (Å²) < 4.78 is 0.896. The van der Waals surface area contributed by atoms with Crippen molar-refractivity contribution in [3.63, 3.8) is 0 Å². The molecule has 0 heterocycles. The van der Waals surface area contributed by atoms with Crippen molar-refractivity contribution in [2.45, 2.75) is 50.0 Å². The van der Waals surface area contributed by atoms with Crippen molar-refractivity contribution in [2.75, 3.05) is 0 Å². The van der Waals surface area contributed by atoms with Gasteiger partial charge in [0.15, 0.2) is 0 Å². The normalized spacial score (nSPS) is 17.8. The molecule has 0 spiro atoms. The van der Waals surface area contributed by atoms with Gasteiger partial charge in [0.05, 0.1) is 6.10 Å². The summed E-state index contributed by atoms with van der Waals surface area (Å²) in [7, 11) is 0. The molecule has 132 valence electrons. The topological polar surface area (TPSA) is 57.5 Å². The summed E-state index contributed by atoms with van der Waals surface area (Å²) in [5.41, 5.74) is 2.53. The summed E-state index contributed by atoms with van der Waals surface area (Å²) in [5.74, 6) is -1.40. The molecule has 25 heavy (non-hydrogen) atoms. The van der Waals surface area contributed by atoms with Crippen LogP contribution in [0.1, 0.15) is 66.7 Å². The second-order valence-corrected chi connectivity index (χ2v) is 7.73. The molecule has 2 aromatic rings. The lowest BCUT2D eigenvalue weighted by Gasteiger charge is -2.23. The molecule has 0 bridgehead atoms. The first-order valence-electron chi connectivity index (χ1n) is 8.82. The van der Waals surface area contributed by atoms with Gasteiger partial charge >= 0.3 is 5.97 Å². The third-order valence-electron chi connectivity index (χ3n) is 5.17. The van der Waals surface area contributed by atoms with Gasteiger partial charge in [-0.15, -0.1) is 0 Å². The molecule has 0 aliphatic heterocycles. The first-order chi connectivity index (χ1) is 12.1. The highest BCUT2D eigenvalue weighted by Crippen LogP contribution is 2.35. The Morgan fingerprint density at radius 3 is 2.04 bits per heavy atom. The van der Waals surface area contributed by atoms with Crippen molar-refractivity contribution in [3.8, 4) is 0 Å². The van der Waals surface area contributed by atoms with Gasteiger partial charge in [0, 0.05) is 4.47 Å². The lowest BCUT2D eigenvalue weighted by Crippen LogP contribution is -2.20. The van der Waals surface area contributed by atoms with Crippen LogP contribution in [0.3, 0.4) is 0 Å². The van der Waals surface area contributed by atoms with Gasteiger partial charge in [-0.3, -0.25) is 4.79 Å². The highest BCUT2D eigenvalue weighted by Gasteiger charge is 2.29. The number of carbonyl (C=O) groups is 1. The van der Waals surface area contributed by atoms with Gasteiger partial charge in [-0.2, -0.15) is 0 Å². The number of hydrogen-bond acceptors (Lipinski definition) is 2. The SMILES string of the molecule is O=C(O)[C@H](c1ccc(C2CCCCC2)cc1)[C@H](O)c1ccc(Br)cc1. The molecule has 4 heteroatoms. The Labute approximate surface area is 156 Å². The average Bonchev–Trinajstić information content (AvgIpc) is 2.63. The fraction of sp³-hybridized carbons (Fsp3) is 0.381. The third kappa shape index (κ3) is 4.31. The molecule has 0 radical (unpaired) electrons. The quantitative estimate of drug-likeness (QED) is 0.703. The van der Waals surface area contributed by atoms with Gasteiger partial charge in [0.25, 0.3) is 0 Å². The Morgan fingerprint density at radius 2 is 1.48 bits per heavy atom. The predicted molar refractivity (Wildman–Crippen MR) is 102 cm³/mol. The average molecular weight is 403 g/mol. The number of carboxylic acid groups (broad SMARTS) is 1. The largest absolute Gasteiger partial charge is 0.481 e. The van der Waals surface area contributed by atoms with Crippen LogP contribution in [0.5, 0.6) is 0 Å². The predicted octanol–water partition coefficient (Wildman–Crippen LogP) is 5.40. The fourth-order valence-corrected chi connectivity index (χ4v) is 3.99. The Balaban J connectivity index is 1.82. The van der Waals surface area contributed by atoms with Gasteiger partial charge in [0.1, 0.15) is 5.92 Å². The van der Waals surface area contributed by atoms with Crippen molar-refractivity contribution in [2.24, 2.45) is 0 Å². The molecule has 3 rings (SSSR count). The van der Waals surface area contributed by atoms with Crippen LogP contribution in [0, 0.1) is 0 Å². The van der Waals surface area contributed by atoms with Crippen LogP contribution in [0.15, 0.2) is 53.0 Å². The maximum Gasteiger partial charge on any atom is 0.314 e. The molecule has 0 unspecified atom stereocenters. The molecule has 0 amide bonds. The van der Waals surface area contributed by atoms with Crippen LogP contribution >= 0.6 is 15.9 Å². The van der Waals surface area contributed by atoms with Gasteiger partial charge < -0.3 is 10.2 Å². The van der Waals surface area contributed by atoms with Crippen LogP contribution in [0.4, 0.5) is 0 Å². The monoisotopic (exact) mass is 402 g/mol. The van der Waals surface area contributed by atoms with E-state index in [0.717, 1.165) is 4.47 Å². The number of aliphatic carboxylic acids is 1. The molecular formula is C21H23BrO3. The van der Waals surface area contributed by atoms with Gasteiger partial charge in [-0.05, 0) is 47.6 Å². The van der Waals surface area contributed by atoms with Crippen LogP contribution in [0.2, 0.25) is 0 Å². The smallest absolute Gasteiger partial charge is 0.314 e. The minimum absolute atomic E-state index is 0.586. The summed E-state index contributed by atoms with van der Waals surface area (Å²) >= 11 is 3.35. The van der Waals surface area contributed by atoms with Crippen LogP contribution < -0.4 is 0 Å². The van der Waals surface area contributed by atoms with E-state index in [1.807, 2.05) is 36.4 Å². The molecule has 2 N–H and O–H groups in total. The number of hydrogen-bond donors (Lipinski definition) is 2. The van der Waals surface area contributed by atoms with E-state index >= 15 is 0 Å². The standard InChI is InChI=1S/C21H23BrO3/c22-18-12-10-17(11-13-18)20(23)19(21(24)25)16-8-6-15(7-9-16)14-4-2-1-3-5-14/h6-14,19-20,23H,1-5H2,(H,24,25)/t19-,20-/m1/s1. The number of aliphatic hydroxyl groups is 1. The van der Waals surface area contributed by atoms with E-state index in [1.54, 1.807) is 12.1 Å². The van der Waals surface area contributed by atoms with Crippen molar-refractivity contribution < 1.29 is 15.0 Å². The van der Waals surface area contributed by atoms with Crippen LogP contribution in [0.25, 0.3) is 0 Å². The summed E-state index contributed by atoms with van der Waals surface area (Å²) in [6.45, 7) is 0. The lowest BCUT2D eigenvalue weighted by molar-refractivity contribution is -0.141. The van der Waals surface area contributed by atoms with E-state index in [2.05, 4.69) is 15.9 Å². The second kappa shape index (κ2) is 8.15. The molecule has 1 fully saturated rings. The highest BCUT2D eigenvalue weighted by atomic mass is 79.9. The maximum atomic E-state index is 11.8. The van der Waals surface area contributed by atoms with Crippen molar-refractivity contribution >= 4 is 21.9 Å². The van der Waals surface area contributed by atoms with E-state index in [1.165, 1.54) is 37.7 Å². The summed E-state index contributed by atoms with van der Waals surface area (Å²) in [6.07, 6.45) is 5.20. The minimum atomic E-state index is -1.08. The third-order valence-corrected chi connectivity index (χ3v) is 5.69. The molecule has 1 saturated carbocycles. The molecular weight excluding hydrogens is 380 g/mol.